The van der Waals surface area contributed by atoms with E-state index in [0.29, 0.717) is 36.7 Å². The van der Waals surface area contributed by atoms with Crippen LogP contribution in [0.3, 0.4) is 0 Å². The minimum atomic E-state index is -0.0185. The van der Waals surface area contributed by atoms with Crippen molar-refractivity contribution in [1.29, 1.82) is 0 Å². The van der Waals surface area contributed by atoms with Crippen LogP contribution in [-0.4, -0.2) is 60.7 Å². The number of pyridine rings is 2. The number of ketones is 1. The van der Waals surface area contributed by atoms with Gasteiger partial charge in [-0.1, -0.05) is 0 Å². The van der Waals surface area contributed by atoms with Gasteiger partial charge in [0, 0.05) is 54.6 Å². The van der Waals surface area contributed by atoms with Gasteiger partial charge in [0.1, 0.15) is 5.75 Å². The van der Waals surface area contributed by atoms with Crippen LogP contribution in [0.1, 0.15) is 22.8 Å². The Morgan fingerprint density at radius 1 is 1.17 bits per heavy atom. The summed E-state index contributed by atoms with van der Waals surface area (Å²) in [5.74, 6) is 1.41. The Kier molecular flexibility index (Phi) is 4.41. The fourth-order valence-electron chi connectivity index (χ4n) is 4.25. The average molecular weight is 390 g/mol. The van der Waals surface area contributed by atoms with Crippen molar-refractivity contribution in [3.63, 3.8) is 0 Å². The maximum absolute atomic E-state index is 13.4. The van der Waals surface area contributed by atoms with E-state index in [1.165, 1.54) is 0 Å². The first-order valence-corrected chi connectivity index (χ1v) is 9.84. The van der Waals surface area contributed by atoms with E-state index >= 15 is 0 Å². The number of anilines is 1. The maximum Gasteiger partial charge on any atom is 0.199 e. The van der Waals surface area contributed by atoms with Crippen LogP contribution in [-0.2, 0) is 4.74 Å². The quantitative estimate of drug-likeness (QED) is 0.531. The van der Waals surface area contributed by atoms with Gasteiger partial charge in [0.05, 0.1) is 31.4 Å². The first-order valence-electron chi connectivity index (χ1n) is 9.84. The predicted molar refractivity (Wildman–Crippen MR) is 110 cm³/mol. The lowest BCUT2D eigenvalue weighted by molar-refractivity contribution is 0.0318. The number of aromatic nitrogens is 2. The minimum Gasteiger partial charge on any atom is -0.497 e. The molecule has 1 fully saturated rings. The molecular formula is C22H22N4O3. The van der Waals surface area contributed by atoms with E-state index < -0.39 is 0 Å². The molecule has 3 aromatic rings. The van der Waals surface area contributed by atoms with Gasteiger partial charge in [-0.25, -0.2) is 9.99 Å². The standard InChI is InChI=1S/C22H22N4O3/c1-3-26(25-8-10-29-11-9-25)22-20-19(15-6-7-23-13-17(15)21(20)27)16-5-4-14(28-2)12-18(16)24-22/h4-7,12-13H,3,8-11H2,1-2H3. The summed E-state index contributed by atoms with van der Waals surface area (Å²) < 4.78 is 10.9. The monoisotopic (exact) mass is 390 g/mol. The van der Waals surface area contributed by atoms with E-state index in [2.05, 4.69) is 21.9 Å². The van der Waals surface area contributed by atoms with Gasteiger partial charge in [-0.2, -0.15) is 0 Å². The number of carbonyl (C=O) groups is 1. The second-order valence-electron chi connectivity index (χ2n) is 7.10. The van der Waals surface area contributed by atoms with Crippen LogP contribution in [0.25, 0.3) is 22.0 Å². The molecule has 7 heteroatoms. The molecule has 1 aromatic carbocycles. The zero-order chi connectivity index (χ0) is 20.0. The number of ether oxygens (including phenoxy) is 2. The molecule has 1 aliphatic heterocycles. The number of carbonyl (C=O) groups excluding carboxylic acids is 1. The Morgan fingerprint density at radius 3 is 2.76 bits per heavy atom. The zero-order valence-electron chi connectivity index (χ0n) is 16.5. The third-order valence-electron chi connectivity index (χ3n) is 5.61. The first kappa shape index (κ1) is 18.0. The minimum absolute atomic E-state index is 0.0185. The molecule has 5 rings (SSSR count). The first-order chi connectivity index (χ1) is 14.2. The molecule has 148 valence electrons. The number of methoxy groups -OCH3 is 1. The van der Waals surface area contributed by atoms with Crippen molar-refractivity contribution < 1.29 is 14.3 Å². The second-order valence-corrected chi connectivity index (χ2v) is 7.10. The predicted octanol–water partition coefficient (Wildman–Crippen LogP) is 2.92. The molecule has 0 bridgehead atoms. The van der Waals surface area contributed by atoms with Crippen molar-refractivity contribution in [1.82, 2.24) is 15.0 Å². The van der Waals surface area contributed by atoms with Gasteiger partial charge >= 0.3 is 0 Å². The number of nitrogens with zero attached hydrogens (tertiary/aromatic N) is 4. The molecule has 0 amide bonds. The van der Waals surface area contributed by atoms with E-state index in [0.717, 1.165) is 40.9 Å². The highest BCUT2D eigenvalue weighted by atomic mass is 16.5. The Hall–Kier alpha value is -3.03. The highest BCUT2D eigenvalue weighted by molar-refractivity contribution is 6.27. The smallest absolute Gasteiger partial charge is 0.199 e. The zero-order valence-corrected chi connectivity index (χ0v) is 16.5. The van der Waals surface area contributed by atoms with Gasteiger partial charge in [-0.05, 0) is 30.7 Å². The molecule has 0 atom stereocenters. The molecule has 2 aliphatic rings. The van der Waals surface area contributed by atoms with Gasteiger partial charge in [-0.15, -0.1) is 0 Å². The van der Waals surface area contributed by atoms with Crippen LogP contribution in [0, 0.1) is 0 Å². The average Bonchev–Trinajstić information content (AvgIpc) is 3.08. The largest absolute Gasteiger partial charge is 0.497 e. The molecule has 2 aromatic heterocycles. The molecule has 1 saturated heterocycles. The summed E-state index contributed by atoms with van der Waals surface area (Å²) in [5.41, 5.74) is 3.94. The third kappa shape index (κ3) is 2.77. The summed E-state index contributed by atoms with van der Waals surface area (Å²) in [6.07, 6.45) is 3.39. The highest BCUT2D eigenvalue weighted by Crippen LogP contribution is 2.45. The van der Waals surface area contributed by atoms with Crippen molar-refractivity contribution in [3.05, 3.63) is 47.8 Å². The SMILES string of the molecule is CCN(c1nc2cc(OC)ccc2c2c1C(=O)c1cnccc1-2)N1CCOCC1. The summed E-state index contributed by atoms with van der Waals surface area (Å²) in [6, 6.07) is 7.73. The fraction of sp³-hybridized carbons (Fsp3) is 0.318. The van der Waals surface area contributed by atoms with Crippen LogP contribution in [0.4, 0.5) is 5.82 Å². The lowest BCUT2D eigenvalue weighted by Gasteiger charge is -2.38. The Labute approximate surface area is 168 Å². The topological polar surface area (TPSA) is 67.8 Å². The molecule has 1 aliphatic carbocycles. The van der Waals surface area contributed by atoms with E-state index in [-0.39, 0.29) is 5.78 Å². The van der Waals surface area contributed by atoms with E-state index in [1.807, 2.05) is 24.3 Å². The van der Waals surface area contributed by atoms with Crippen molar-refractivity contribution in [2.24, 2.45) is 0 Å². The van der Waals surface area contributed by atoms with Crippen molar-refractivity contribution in [2.75, 3.05) is 45.0 Å². The lowest BCUT2D eigenvalue weighted by atomic mass is 10.0. The van der Waals surface area contributed by atoms with Crippen LogP contribution >= 0.6 is 0 Å². The lowest BCUT2D eigenvalue weighted by Crippen LogP contribution is -2.49. The van der Waals surface area contributed by atoms with Crippen LogP contribution in [0.15, 0.2) is 36.7 Å². The molecule has 0 unspecified atom stereocenters. The van der Waals surface area contributed by atoms with Gasteiger partial charge in [0.2, 0.25) is 0 Å². The van der Waals surface area contributed by atoms with E-state index in [1.54, 1.807) is 19.5 Å². The van der Waals surface area contributed by atoms with Crippen LogP contribution in [0.5, 0.6) is 5.75 Å². The molecule has 7 nitrogen and oxygen atoms in total. The Balaban J connectivity index is 1.79. The molecule has 0 saturated carbocycles. The second kappa shape index (κ2) is 7.09. The van der Waals surface area contributed by atoms with Gasteiger partial charge in [-0.3, -0.25) is 14.8 Å². The molecule has 0 spiro atoms. The number of rotatable bonds is 4. The normalized spacial score (nSPS) is 16.0. The van der Waals surface area contributed by atoms with Crippen molar-refractivity contribution >= 4 is 22.5 Å². The molecule has 29 heavy (non-hydrogen) atoms. The van der Waals surface area contributed by atoms with Crippen molar-refractivity contribution in [2.45, 2.75) is 6.92 Å². The van der Waals surface area contributed by atoms with Crippen molar-refractivity contribution in [3.8, 4) is 16.9 Å². The summed E-state index contributed by atoms with van der Waals surface area (Å²) in [5, 5.41) is 5.27. The number of hydrogen-bond donors (Lipinski definition) is 0. The highest BCUT2D eigenvalue weighted by Gasteiger charge is 2.35. The fourth-order valence-corrected chi connectivity index (χ4v) is 4.25. The number of hydrogen-bond acceptors (Lipinski definition) is 7. The molecule has 0 radical (unpaired) electrons. The van der Waals surface area contributed by atoms with Gasteiger partial charge < -0.3 is 9.47 Å². The Morgan fingerprint density at radius 2 is 2.00 bits per heavy atom. The number of benzene rings is 1. The summed E-state index contributed by atoms with van der Waals surface area (Å²) in [4.78, 5) is 22.5. The molecule has 0 N–H and O–H groups in total. The van der Waals surface area contributed by atoms with Crippen LogP contribution in [0.2, 0.25) is 0 Å². The molecule has 3 heterocycles. The Bertz CT molecular complexity index is 1110. The number of fused-ring (bicyclic) bond motifs is 5. The summed E-state index contributed by atoms with van der Waals surface area (Å²) in [7, 11) is 1.64. The summed E-state index contributed by atoms with van der Waals surface area (Å²) >= 11 is 0. The number of hydrazine groups is 1. The van der Waals surface area contributed by atoms with Gasteiger partial charge in [0.25, 0.3) is 0 Å². The number of morpholine rings is 1. The van der Waals surface area contributed by atoms with E-state index in [4.69, 9.17) is 14.5 Å². The maximum atomic E-state index is 13.4. The summed E-state index contributed by atoms with van der Waals surface area (Å²) in [6.45, 7) is 5.65. The third-order valence-corrected chi connectivity index (χ3v) is 5.61. The van der Waals surface area contributed by atoms with Gasteiger partial charge in [0.15, 0.2) is 11.6 Å². The molecular weight excluding hydrogens is 368 g/mol. The van der Waals surface area contributed by atoms with E-state index in [9.17, 15) is 4.79 Å². The van der Waals surface area contributed by atoms with Crippen LogP contribution < -0.4 is 9.75 Å².